The van der Waals surface area contributed by atoms with E-state index >= 15 is 0 Å². The van der Waals surface area contributed by atoms with Gasteiger partial charge < -0.3 is 0 Å². The molecule has 0 spiro atoms. The Bertz CT molecular complexity index is 1600. The number of amides is 2. The van der Waals surface area contributed by atoms with Crippen molar-refractivity contribution in [1.82, 2.24) is 4.31 Å². The van der Waals surface area contributed by atoms with Crippen molar-refractivity contribution in [3.8, 4) is 12.1 Å². The summed E-state index contributed by atoms with van der Waals surface area (Å²) >= 11 is 0. The van der Waals surface area contributed by atoms with Gasteiger partial charge in [-0.2, -0.15) is 23.7 Å². The SMILES string of the molecule is CC1=C(C#N)[C@@H](c2ccc(C#N)cc2S(C)(=O)=O)N(S(C)(=O)=O)C(=O)N1c1cccc(C(F)(F)F)c1. The monoisotopic (exact) mass is 538 g/mol. The van der Waals surface area contributed by atoms with Crippen LogP contribution in [0.5, 0.6) is 0 Å². The molecule has 1 aliphatic heterocycles. The van der Waals surface area contributed by atoms with E-state index in [4.69, 9.17) is 0 Å². The molecule has 0 aliphatic carbocycles. The van der Waals surface area contributed by atoms with Crippen LogP contribution in [0.1, 0.15) is 29.7 Å². The summed E-state index contributed by atoms with van der Waals surface area (Å²) in [5, 5.41) is 19.1. The highest BCUT2D eigenvalue weighted by Gasteiger charge is 2.46. The summed E-state index contributed by atoms with van der Waals surface area (Å²) < 4.78 is 90.7. The third kappa shape index (κ3) is 4.78. The van der Waals surface area contributed by atoms with Crippen molar-refractivity contribution in [3.63, 3.8) is 0 Å². The van der Waals surface area contributed by atoms with Crippen LogP contribution in [-0.4, -0.2) is 39.7 Å². The minimum absolute atomic E-state index is 0.0722. The second-order valence-corrected chi connectivity index (χ2v) is 11.7. The Kier molecular flexibility index (Phi) is 6.65. The molecule has 36 heavy (non-hydrogen) atoms. The summed E-state index contributed by atoms with van der Waals surface area (Å²) in [7, 11) is -8.61. The van der Waals surface area contributed by atoms with E-state index in [9.17, 15) is 45.3 Å². The molecule has 0 N–H and O–H groups in total. The highest BCUT2D eigenvalue weighted by molar-refractivity contribution is 7.90. The average molecular weight is 539 g/mol. The van der Waals surface area contributed by atoms with E-state index in [1.165, 1.54) is 13.0 Å². The maximum Gasteiger partial charge on any atom is 0.416 e. The predicted octanol–water partition coefficient (Wildman–Crippen LogP) is 3.72. The number of sulfone groups is 1. The van der Waals surface area contributed by atoms with Crippen LogP contribution in [0.25, 0.3) is 0 Å². The highest BCUT2D eigenvalue weighted by Crippen LogP contribution is 2.43. The Balaban J connectivity index is 2.40. The van der Waals surface area contributed by atoms with Gasteiger partial charge in [0.25, 0.3) is 0 Å². The van der Waals surface area contributed by atoms with Gasteiger partial charge in [-0.05, 0) is 42.8 Å². The van der Waals surface area contributed by atoms with Gasteiger partial charge in [0.15, 0.2) is 9.84 Å². The number of alkyl halides is 3. The molecule has 2 amide bonds. The second kappa shape index (κ2) is 8.96. The highest BCUT2D eigenvalue weighted by atomic mass is 32.2. The Hall–Kier alpha value is -3.88. The fourth-order valence-electron chi connectivity index (χ4n) is 3.82. The third-order valence-corrected chi connectivity index (χ3v) is 7.59. The van der Waals surface area contributed by atoms with Crippen molar-refractivity contribution in [2.24, 2.45) is 0 Å². The first-order valence-electron chi connectivity index (χ1n) is 9.88. The van der Waals surface area contributed by atoms with E-state index < -0.39 is 54.1 Å². The lowest BCUT2D eigenvalue weighted by Crippen LogP contribution is -2.51. The van der Waals surface area contributed by atoms with Gasteiger partial charge >= 0.3 is 12.2 Å². The summed E-state index contributed by atoms with van der Waals surface area (Å²) in [6.07, 6.45) is -3.32. The van der Waals surface area contributed by atoms with Gasteiger partial charge in [-0.15, -0.1) is 0 Å². The van der Waals surface area contributed by atoms with Crippen LogP contribution in [0.3, 0.4) is 0 Å². The molecule has 0 fully saturated rings. The number of anilines is 1. The third-order valence-electron chi connectivity index (χ3n) is 5.36. The number of allylic oxidation sites excluding steroid dienone is 1. The zero-order chi connectivity index (χ0) is 27.2. The summed E-state index contributed by atoms with van der Waals surface area (Å²) in [6, 6.07) is 7.30. The van der Waals surface area contributed by atoms with Gasteiger partial charge in [0.2, 0.25) is 10.0 Å². The summed E-state index contributed by atoms with van der Waals surface area (Å²) in [6.45, 7) is 1.23. The molecule has 2 aromatic carbocycles. The molecule has 0 saturated heterocycles. The van der Waals surface area contributed by atoms with Crippen LogP contribution < -0.4 is 4.90 Å². The van der Waals surface area contributed by atoms with E-state index in [2.05, 4.69) is 0 Å². The van der Waals surface area contributed by atoms with Crippen molar-refractivity contribution < 1.29 is 34.8 Å². The number of benzene rings is 2. The first kappa shape index (κ1) is 26.7. The lowest BCUT2D eigenvalue weighted by atomic mass is 9.94. The zero-order valence-corrected chi connectivity index (χ0v) is 20.5. The number of rotatable bonds is 4. The summed E-state index contributed by atoms with van der Waals surface area (Å²) in [5.74, 6) is 0. The number of hydrogen-bond acceptors (Lipinski definition) is 7. The molecule has 0 bridgehead atoms. The zero-order valence-electron chi connectivity index (χ0n) is 18.9. The number of nitriles is 2. The molecule has 14 heteroatoms. The first-order chi connectivity index (χ1) is 16.5. The van der Waals surface area contributed by atoms with Crippen LogP contribution in [-0.2, 0) is 26.0 Å². The number of urea groups is 1. The van der Waals surface area contributed by atoms with Crippen molar-refractivity contribution in [3.05, 3.63) is 70.4 Å². The Morgan fingerprint density at radius 2 is 1.61 bits per heavy atom. The quantitative estimate of drug-likeness (QED) is 0.578. The van der Waals surface area contributed by atoms with Crippen LogP contribution in [0, 0.1) is 22.7 Å². The molecule has 0 saturated carbocycles. The Morgan fingerprint density at radius 1 is 0.972 bits per heavy atom. The van der Waals surface area contributed by atoms with Crippen molar-refractivity contribution in [1.29, 1.82) is 10.5 Å². The lowest BCUT2D eigenvalue weighted by molar-refractivity contribution is -0.137. The topological polar surface area (TPSA) is 139 Å². The lowest BCUT2D eigenvalue weighted by Gasteiger charge is -2.40. The van der Waals surface area contributed by atoms with E-state index in [0.29, 0.717) is 17.2 Å². The normalized spacial score (nSPS) is 17.1. The van der Waals surface area contributed by atoms with Gasteiger partial charge in [0.05, 0.1) is 45.7 Å². The van der Waals surface area contributed by atoms with Crippen LogP contribution in [0.4, 0.5) is 23.7 Å². The number of nitrogens with zero attached hydrogens (tertiary/aromatic N) is 4. The van der Waals surface area contributed by atoms with Gasteiger partial charge in [-0.1, -0.05) is 12.1 Å². The number of carbonyl (C=O) groups is 1. The van der Waals surface area contributed by atoms with E-state index in [0.717, 1.165) is 36.6 Å². The molecule has 1 aliphatic rings. The van der Waals surface area contributed by atoms with Crippen molar-refractivity contribution >= 4 is 31.6 Å². The van der Waals surface area contributed by atoms with Crippen LogP contribution in [0.15, 0.2) is 58.6 Å². The van der Waals surface area contributed by atoms with Crippen molar-refractivity contribution in [2.45, 2.75) is 24.0 Å². The molecule has 1 heterocycles. The Labute approximate surface area is 205 Å². The molecule has 9 nitrogen and oxygen atoms in total. The fraction of sp³-hybridized carbons (Fsp3) is 0.227. The minimum Gasteiger partial charge on any atom is -0.265 e. The van der Waals surface area contributed by atoms with Crippen LogP contribution >= 0.6 is 0 Å². The number of hydrogen-bond donors (Lipinski definition) is 0. The van der Waals surface area contributed by atoms with E-state index in [1.807, 2.05) is 0 Å². The van der Waals surface area contributed by atoms with E-state index in [1.54, 1.807) is 12.1 Å². The van der Waals surface area contributed by atoms with Crippen molar-refractivity contribution in [2.75, 3.05) is 17.4 Å². The Morgan fingerprint density at radius 3 is 2.11 bits per heavy atom. The smallest absolute Gasteiger partial charge is 0.265 e. The van der Waals surface area contributed by atoms with Crippen LogP contribution in [0.2, 0.25) is 0 Å². The maximum atomic E-state index is 13.5. The molecule has 0 aromatic heterocycles. The number of carbonyl (C=O) groups excluding carboxylic acids is 1. The first-order valence-corrected chi connectivity index (χ1v) is 13.6. The molecular formula is C22H17F3N4O5S2. The summed E-state index contributed by atoms with van der Waals surface area (Å²) in [5.41, 5.74) is -2.40. The molecule has 0 unspecified atom stereocenters. The number of halogens is 3. The van der Waals surface area contributed by atoms with Gasteiger partial charge in [0.1, 0.15) is 6.04 Å². The molecular weight excluding hydrogens is 521 g/mol. The molecule has 2 aromatic rings. The fourth-order valence-corrected chi connectivity index (χ4v) is 5.74. The summed E-state index contributed by atoms with van der Waals surface area (Å²) in [4.78, 5) is 13.7. The second-order valence-electron chi connectivity index (χ2n) is 7.87. The minimum atomic E-state index is -4.77. The number of sulfonamides is 1. The molecule has 1 atom stereocenters. The molecule has 188 valence electrons. The average Bonchev–Trinajstić information content (AvgIpc) is 2.76. The van der Waals surface area contributed by atoms with Gasteiger partial charge in [-0.25, -0.2) is 25.9 Å². The molecule has 3 rings (SSSR count). The standard InChI is InChI=1S/C22H17F3N4O5S2/c1-13-18(12-27)20(17-8-7-14(11-26)9-19(17)35(2,31)32)29(36(3,33)34)21(30)28(13)16-6-4-5-15(10-16)22(23,24)25/h4-10,20H,1-3H3/t20-/m1/s1. The predicted molar refractivity (Wildman–Crippen MR) is 121 cm³/mol. The van der Waals surface area contributed by atoms with Gasteiger partial charge in [0, 0.05) is 12.0 Å². The van der Waals surface area contributed by atoms with Gasteiger partial charge in [-0.3, -0.25) is 4.90 Å². The maximum absolute atomic E-state index is 13.5. The largest absolute Gasteiger partial charge is 0.416 e. The molecule has 0 radical (unpaired) electrons. The van der Waals surface area contributed by atoms with E-state index in [-0.39, 0.29) is 26.8 Å².